The molecule has 1 aliphatic rings. The number of para-hydroxylation sites is 1. The number of ether oxygens (including phenoxy) is 3. The van der Waals surface area contributed by atoms with Crippen LogP contribution in [0, 0.1) is 6.92 Å². The van der Waals surface area contributed by atoms with E-state index < -0.39 is 5.97 Å². The minimum Gasteiger partial charge on any atom is -0.497 e. The first kappa shape index (κ1) is 28.3. The number of methoxy groups -OCH3 is 3. The zero-order valence-corrected chi connectivity index (χ0v) is 24.3. The van der Waals surface area contributed by atoms with Crippen molar-refractivity contribution >= 4 is 44.9 Å². The highest BCUT2D eigenvalue weighted by molar-refractivity contribution is 9.10. The standard InChI is InChI=1S/C30H34BrN3O5/c1-20-9-8-10-25(33-15-6-5-7-16-33)29(20)34(22-11-13-23(37-2)14-12-22)32-27(35)19-21-17-24(31)28(30(36)39-4)26(18-21)38-3/h8-14,17-18H,5-7,15-16,19H2,1-4H3,(H,32,35). The molecule has 4 rings (SSSR count). The average molecular weight is 597 g/mol. The van der Waals surface area contributed by atoms with Crippen molar-refractivity contribution in [3.63, 3.8) is 0 Å². The normalized spacial score (nSPS) is 13.0. The van der Waals surface area contributed by atoms with Crippen LogP contribution in [-0.4, -0.2) is 46.3 Å². The number of halogens is 1. The fourth-order valence-corrected chi connectivity index (χ4v) is 5.50. The van der Waals surface area contributed by atoms with Crippen LogP contribution in [0.3, 0.4) is 0 Å². The summed E-state index contributed by atoms with van der Waals surface area (Å²) in [6.45, 7) is 4.00. The first-order chi connectivity index (χ1) is 18.9. The van der Waals surface area contributed by atoms with Gasteiger partial charge in [-0.05, 0) is 95.7 Å². The molecule has 1 saturated heterocycles. The maximum atomic E-state index is 13.5. The van der Waals surface area contributed by atoms with Gasteiger partial charge in [-0.25, -0.2) is 4.79 Å². The lowest BCUT2D eigenvalue weighted by atomic mass is 10.1. The maximum absolute atomic E-state index is 13.5. The number of esters is 1. The van der Waals surface area contributed by atoms with Crippen molar-refractivity contribution in [3.05, 3.63) is 75.8 Å². The molecule has 1 heterocycles. The number of hydrazine groups is 1. The van der Waals surface area contributed by atoms with Crippen LogP contribution in [0.15, 0.2) is 59.1 Å². The largest absolute Gasteiger partial charge is 0.497 e. The van der Waals surface area contributed by atoms with E-state index in [1.54, 1.807) is 19.2 Å². The number of rotatable bonds is 9. The minimum atomic E-state index is -0.523. The van der Waals surface area contributed by atoms with Gasteiger partial charge in [-0.2, -0.15) is 0 Å². The van der Waals surface area contributed by atoms with Gasteiger partial charge in [0.2, 0.25) is 5.91 Å². The highest BCUT2D eigenvalue weighted by Gasteiger charge is 2.24. The molecule has 1 N–H and O–H groups in total. The summed E-state index contributed by atoms with van der Waals surface area (Å²) in [5.41, 5.74) is 7.95. The summed E-state index contributed by atoms with van der Waals surface area (Å²) in [5.74, 6) is 0.315. The number of anilines is 3. The molecule has 0 unspecified atom stereocenters. The minimum absolute atomic E-state index is 0.0635. The number of nitrogens with zero attached hydrogens (tertiary/aromatic N) is 2. The molecule has 0 radical (unpaired) electrons. The number of hydrogen-bond donors (Lipinski definition) is 1. The second-order valence-electron chi connectivity index (χ2n) is 9.38. The van der Waals surface area contributed by atoms with Gasteiger partial charge in [-0.15, -0.1) is 0 Å². The van der Waals surface area contributed by atoms with Gasteiger partial charge >= 0.3 is 5.97 Å². The van der Waals surface area contributed by atoms with Crippen molar-refractivity contribution in [2.24, 2.45) is 0 Å². The number of hydrogen-bond acceptors (Lipinski definition) is 7. The fraction of sp³-hybridized carbons (Fsp3) is 0.333. The molecule has 0 bridgehead atoms. The number of benzene rings is 3. The third-order valence-corrected chi connectivity index (χ3v) is 7.42. The zero-order valence-electron chi connectivity index (χ0n) is 22.8. The van der Waals surface area contributed by atoms with Gasteiger partial charge in [0.15, 0.2) is 0 Å². The molecule has 3 aromatic carbocycles. The van der Waals surface area contributed by atoms with Crippen LogP contribution in [0.25, 0.3) is 0 Å². The molecular weight excluding hydrogens is 562 g/mol. The van der Waals surface area contributed by atoms with Crippen molar-refractivity contribution in [2.75, 3.05) is 44.3 Å². The van der Waals surface area contributed by atoms with Crippen LogP contribution in [0.4, 0.5) is 17.1 Å². The summed E-state index contributed by atoms with van der Waals surface area (Å²) in [4.78, 5) is 28.1. The van der Waals surface area contributed by atoms with Crippen LogP contribution in [0.5, 0.6) is 11.5 Å². The number of nitrogens with one attached hydrogen (secondary N) is 1. The van der Waals surface area contributed by atoms with Gasteiger partial charge in [-0.1, -0.05) is 12.1 Å². The molecule has 206 valence electrons. The Morgan fingerprint density at radius 1 is 0.974 bits per heavy atom. The topological polar surface area (TPSA) is 80.3 Å². The predicted molar refractivity (Wildman–Crippen MR) is 156 cm³/mol. The molecular formula is C30H34BrN3O5. The lowest BCUT2D eigenvalue weighted by Gasteiger charge is -2.35. The highest BCUT2D eigenvalue weighted by Crippen LogP contribution is 2.38. The zero-order chi connectivity index (χ0) is 27.9. The quantitative estimate of drug-likeness (QED) is 0.241. The first-order valence-electron chi connectivity index (χ1n) is 12.9. The molecule has 1 amide bonds. The molecule has 0 saturated carbocycles. The molecule has 0 aromatic heterocycles. The Morgan fingerprint density at radius 2 is 1.69 bits per heavy atom. The smallest absolute Gasteiger partial charge is 0.342 e. The molecule has 1 fully saturated rings. The maximum Gasteiger partial charge on any atom is 0.342 e. The van der Waals surface area contributed by atoms with E-state index in [4.69, 9.17) is 14.2 Å². The van der Waals surface area contributed by atoms with E-state index in [1.165, 1.54) is 20.6 Å². The Morgan fingerprint density at radius 3 is 2.33 bits per heavy atom. The third-order valence-electron chi connectivity index (χ3n) is 6.79. The van der Waals surface area contributed by atoms with E-state index in [0.717, 1.165) is 54.3 Å². The summed E-state index contributed by atoms with van der Waals surface area (Å²) in [6.07, 6.45) is 3.57. The van der Waals surface area contributed by atoms with Crippen molar-refractivity contribution < 1.29 is 23.8 Å². The van der Waals surface area contributed by atoms with Crippen LogP contribution < -0.4 is 24.8 Å². The molecule has 0 atom stereocenters. The molecule has 9 heteroatoms. The lowest BCUT2D eigenvalue weighted by molar-refractivity contribution is -0.120. The van der Waals surface area contributed by atoms with Gasteiger partial charge < -0.3 is 19.1 Å². The third kappa shape index (κ3) is 6.47. The summed E-state index contributed by atoms with van der Waals surface area (Å²) in [5, 5.41) is 1.86. The summed E-state index contributed by atoms with van der Waals surface area (Å²) in [6, 6.07) is 17.3. The van der Waals surface area contributed by atoms with Gasteiger partial charge in [0, 0.05) is 17.6 Å². The Bertz CT molecular complexity index is 1320. The van der Waals surface area contributed by atoms with Gasteiger partial charge in [0.05, 0.1) is 44.8 Å². The van der Waals surface area contributed by atoms with Crippen LogP contribution in [0.2, 0.25) is 0 Å². The van der Waals surface area contributed by atoms with Crippen molar-refractivity contribution in [2.45, 2.75) is 32.6 Å². The summed E-state index contributed by atoms with van der Waals surface area (Å²) < 4.78 is 16.2. The SMILES string of the molecule is COC(=O)c1c(Br)cc(CC(=O)NN(c2ccc(OC)cc2)c2c(C)cccc2N2CCCCC2)cc1OC. The van der Waals surface area contributed by atoms with Crippen molar-refractivity contribution in [1.29, 1.82) is 0 Å². The average Bonchev–Trinajstić information content (AvgIpc) is 2.95. The predicted octanol–water partition coefficient (Wildman–Crippen LogP) is 5.96. The summed E-state index contributed by atoms with van der Waals surface area (Å²) in [7, 11) is 4.42. The second-order valence-corrected chi connectivity index (χ2v) is 10.2. The van der Waals surface area contributed by atoms with Crippen LogP contribution >= 0.6 is 15.9 Å². The van der Waals surface area contributed by atoms with E-state index >= 15 is 0 Å². The monoisotopic (exact) mass is 595 g/mol. The first-order valence-corrected chi connectivity index (χ1v) is 13.7. The number of piperidine rings is 1. The van der Waals surface area contributed by atoms with Gasteiger partial charge in [0.25, 0.3) is 0 Å². The van der Waals surface area contributed by atoms with E-state index in [2.05, 4.69) is 51.4 Å². The fourth-order valence-electron chi connectivity index (χ4n) is 4.85. The van der Waals surface area contributed by atoms with Crippen molar-refractivity contribution in [3.8, 4) is 11.5 Å². The number of carbonyl (C=O) groups is 2. The Kier molecular flexibility index (Phi) is 9.35. The van der Waals surface area contributed by atoms with Crippen molar-refractivity contribution in [1.82, 2.24) is 5.43 Å². The molecule has 0 spiro atoms. The Balaban J connectivity index is 1.69. The molecule has 8 nitrogen and oxygen atoms in total. The highest BCUT2D eigenvalue weighted by atomic mass is 79.9. The summed E-state index contributed by atoms with van der Waals surface area (Å²) >= 11 is 3.43. The molecule has 0 aliphatic carbocycles. The van der Waals surface area contributed by atoms with Crippen LogP contribution in [-0.2, 0) is 16.0 Å². The van der Waals surface area contributed by atoms with Gasteiger partial charge in [0.1, 0.15) is 17.1 Å². The number of aryl methyl sites for hydroxylation is 1. The molecule has 1 aliphatic heterocycles. The number of carbonyl (C=O) groups excluding carboxylic acids is 2. The Hall–Kier alpha value is -3.72. The Labute approximate surface area is 237 Å². The van der Waals surface area contributed by atoms with E-state index in [9.17, 15) is 9.59 Å². The molecule has 39 heavy (non-hydrogen) atoms. The van der Waals surface area contributed by atoms with Gasteiger partial charge in [-0.3, -0.25) is 15.2 Å². The van der Waals surface area contributed by atoms with E-state index in [0.29, 0.717) is 15.8 Å². The molecule has 3 aromatic rings. The van der Waals surface area contributed by atoms with E-state index in [1.807, 2.05) is 29.3 Å². The second kappa shape index (κ2) is 12.9. The van der Waals surface area contributed by atoms with Crippen LogP contribution in [0.1, 0.15) is 40.7 Å². The van der Waals surface area contributed by atoms with E-state index in [-0.39, 0.29) is 17.9 Å². The lowest BCUT2D eigenvalue weighted by Crippen LogP contribution is -2.41. The number of amides is 1.